The Hall–Kier alpha value is -1.52. The van der Waals surface area contributed by atoms with E-state index in [-0.39, 0.29) is 0 Å². The molecule has 19 heavy (non-hydrogen) atoms. The molecule has 0 unspecified atom stereocenters. The minimum Gasteiger partial charge on any atom is -0.491 e. The molecule has 0 atom stereocenters. The number of ether oxygens (including phenoxy) is 2. The van der Waals surface area contributed by atoms with Crippen LogP contribution in [0.25, 0.3) is 0 Å². The van der Waals surface area contributed by atoms with E-state index in [1.807, 2.05) is 48.5 Å². The third kappa shape index (κ3) is 4.58. The van der Waals surface area contributed by atoms with Gasteiger partial charge in [-0.1, -0.05) is 40.2 Å². The summed E-state index contributed by atoms with van der Waals surface area (Å²) in [5, 5.41) is 0. The Morgan fingerprint density at radius 2 is 1.79 bits per heavy atom. The summed E-state index contributed by atoms with van der Waals surface area (Å²) in [6, 6.07) is 15.4. The number of rotatable bonds is 6. The zero-order valence-electron chi connectivity index (χ0n) is 10.5. The van der Waals surface area contributed by atoms with Crippen molar-refractivity contribution >= 4 is 21.6 Å². The molecule has 2 aromatic rings. The lowest BCUT2D eigenvalue weighted by Gasteiger charge is -2.08. The molecule has 0 aromatic heterocycles. The topological polar surface area (TPSA) is 44.5 Å². The van der Waals surface area contributed by atoms with Gasteiger partial charge in [-0.25, -0.2) is 0 Å². The molecular weight excluding hydrogens is 306 g/mol. The van der Waals surface area contributed by atoms with Crippen molar-refractivity contribution in [1.29, 1.82) is 0 Å². The Labute approximate surface area is 121 Å². The normalized spacial score (nSPS) is 10.4. The molecule has 4 heteroatoms. The van der Waals surface area contributed by atoms with Gasteiger partial charge >= 0.3 is 0 Å². The Balaban J connectivity index is 1.69. The molecule has 0 radical (unpaired) electrons. The van der Waals surface area contributed by atoms with Crippen molar-refractivity contribution in [3.8, 4) is 5.75 Å². The van der Waals surface area contributed by atoms with Gasteiger partial charge < -0.3 is 15.2 Å². The Morgan fingerprint density at radius 1 is 1.00 bits per heavy atom. The number of nitrogens with two attached hydrogens (primary N) is 1. The molecule has 100 valence electrons. The number of anilines is 1. The molecule has 0 saturated carbocycles. The molecule has 0 amide bonds. The number of para-hydroxylation sites is 1. The number of hydrogen-bond acceptors (Lipinski definition) is 3. The fourth-order valence-electron chi connectivity index (χ4n) is 1.60. The first-order valence-electron chi connectivity index (χ1n) is 6.05. The second-order valence-electron chi connectivity index (χ2n) is 4.06. The molecule has 0 heterocycles. The molecule has 0 saturated heterocycles. The highest BCUT2D eigenvalue weighted by atomic mass is 79.9. The molecule has 0 fully saturated rings. The summed E-state index contributed by atoms with van der Waals surface area (Å²) in [6.07, 6.45) is 0. The lowest BCUT2D eigenvalue weighted by Crippen LogP contribution is -2.06. The molecule has 2 N–H and O–H groups in total. The number of hydrogen-bond donors (Lipinski definition) is 1. The van der Waals surface area contributed by atoms with Crippen molar-refractivity contribution in [2.24, 2.45) is 0 Å². The van der Waals surface area contributed by atoms with Gasteiger partial charge in [-0.05, 0) is 29.8 Å². The number of nitrogen functional groups attached to an aromatic ring is 1. The van der Waals surface area contributed by atoms with Crippen LogP contribution in [0.15, 0.2) is 53.0 Å². The summed E-state index contributed by atoms with van der Waals surface area (Å²) < 4.78 is 12.1. The number of benzene rings is 2. The average molecular weight is 322 g/mol. The van der Waals surface area contributed by atoms with Crippen LogP contribution in [0, 0.1) is 0 Å². The van der Waals surface area contributed by atoms with Crippen molar-refractivity contribution < 1.29 is 9.47 Å². The molecule has 0 spiro atoms. The molecular formula is C15H16BrNO2. The van der Waals surface area contributed by atoms with Crippen LogP contribution < -0.4 is 10.5 Å². The SMILES string of the molecule is Nc1ccc(COCCOc2ccccc2)c(Br)c1. The van der Waals surface area contributed by atoms with Crippen molar-refractivity contribution in [3.63, 3.8) is 0 Å². The van der Waals surface area contributed by atoms with Crippen LogP contribution >= 0.6 is 15.9 Å². The van der Waals surface area contributed by atoms with Gasteiger partial charge in [0.1, 0.15) is 12.4 Å². The molecule has 0 bridgehead atoms. The van der Waals surface area contributed by atoms with Gasteiger partial charge in [-0.2, -0.15) is 0 Å². The predicted octanol–water partition coefficient (Wildman–Crippen LogP) is 3.63. The van der Waals surface area contributed by atoms with Crippen LogP contribution in [0.2, 0.25) is 0 Å². The lowest BCUT2D eigenvalue weighted by atomic mass is 10.2. The molecule has 0 aliphatic heterocycles. The molecule has 2 rings (SSSR count). The van der Waals surface area contributed by atoms with Crippen LogP contribution in [0.1, 0.15) is 5.56 Å². The second kappa shape index (κ2) is 7.16. The molecule has 3 nitrogen and oxygen atoms in total. The van der Waals surface area contributed by atoms with Gasteiger partial charge in [0.2, 0.25) is 0 Å². The van der Waals surface area contributed by atoms with Crippen LogP contribution in [0.5, 0.6) is 5.75 Å². The van der Waals surface area contributed by atoms with Crippen LogP contribution in [-0.2, 0) is 11.3 Å². The van der Waals surface area contributed by atoms with Gasteiger partial charge in [-0.15, -0.1) is 0 Å². The van der Waals surface area contributed by atoms with Crippen LogP contribution in [-0.4, -0.2) is 13.2 Å². The minimum atomic E-state index is 0.538. The molecule has 0 aliphatic carbocycles. The standard InChI is InChI=1S/C15H16BrNO2/c16-15-10-13(17)7-6-12(15)11-18-8-9-19-14-4-2-1-3-5-14/h1-7,10H,8-9,11,17H2. The van der Waals surface area contributed by atoms with E-state index in [1.165, 1.54) is 0 Å². The van der Waals surface area contributed by atoms with Crippen molar-refractivity contribution in [2.45, 2.75) is 6.61 Å². The fraction of sp³-hybridized carbons (Fsp3) is 0.200. The van der Waals surface area contributed by atoms with E-state index >= 15 is 0 Å². The monoisotopic (exact) mass is 321 g/mol. The predicted molar refractivity (Wildman–Crippen MR) is 80.1 cm³/mol. The quantitative estimate of drug-likeness (QED) is 0.652. The Kier molecular flexibility index (Phi) is 5.24. The zero-order valence-corrected chi connectivity index (χ0v) is 12.1. The van der Waals surface area contributed by atoms with Gasteiger partial charge in [0.15, 0.2) is 0 Å². The third-order valence-corrected chi connectivity index (χ3v) is 3.31. The lowest BCUT2D eigenvalue weighted by molar-refractivity contribution is 0.0886. The van der Waals surface area contributed by atoms with Crippen LogP contribution in [0.4, 0.5) is 5.69 Å². The van der Waals surface area contributed by atoms with Gasteiger partial charge in [0, 0.05) is 10.2 Å². The van der Waals surface area contributed by atoms with E-state index < -0.39 is 0 Å². The van der Waals surface area contributed by atoms with Crippen molar-refractivity contribution in [1.82, 2.24) is 0 Å². The van der Waals surface area contributed by atoms with E-state index in [2.05, 4.69) is 15.9 Å². The Bertz CT molecular complexity index is 517. The van der Waals surface area contributed by atoms with Gasteiger partial charge in [-0.3, -0.25) is 0 Å². The van der Waals surface area contributed by atoms with E-state index in [0.717, 1.165) is 21.5 Å². The maximum atomic E-state index is 5.68. The summed E-state index contributed by atoms with van der Waals surface area (Å²) in [7, 11) is 0. The van der Waals surface area contributed by atoms with Gasteiger partial charge in [0.05, 0.1) is 13.2 Å². The zero-order chi connectivity index (χ0) is 13.5. The highest BCUT2D eigenvalue weighted by Gasteiger charge is 2.00. The van der Waals surface area contributed by atoms with Gasteiger partial charge in [0.25, 0.3) is 0 Å². The van der Waals surface area contributed by atoms with E-state index in [0.29, 0.717) is 19.8 Å². The first-order chi connectivity index (χ1) is 9.25. The highest BCUT2D eigenvalue weighted by molar-refractivity contribution is 9.10. The van der Waals surface area contributed by atoms with Crippen LogP contribution in [0.3, 0.4) is 0 Å². The molecule has 2 aromatic carbocycles. The van der Waals surface area contributed by atoms with Crippen molar-refractivity contribution in [2.75, 3.05) is 18.9 Å². The first kappa shape index (κ1) is 13.9. The Morgan fingerprint density at radius 3 is 2.53 bits per heavy atom. The van der Waals surface area contributed by atoms with Crippen molar-refractivity contribution in [3.05, 3.63) is 58.6 Å². The van der Waals surface area contributed by atoms with E-state index in [1.54, 1.807) is 0 Å². The summed E-state index contributed by atoms with van der Waals surface area (Å²) in [5.74, 6) is 0.861. The average Bonchev–Trinajstić information content (AvgIpc) is 2.42. The molecule has 0 aliphatic rings. The fourth-order valence-corrected chi connectivity index (χ4v) is 2.11. The smallest absolute Gasteiger partial charge is 0.119 e. The first-order valence-corrected chi connectivity index (χ1v) is 6.84. The number of halogens is 1. The maximum Gasteiger partial charge on any atom is 0.119 e. The largest absolute Gasteiger partial charge is 0.491 e. The summed E-state index contributed by atoms with van der Waals surface area (Å²) in [4.78, 5) is 0. The van der Waals surface area contributed by atoms with E-state index in [9.17, 15) is 0 Å². The maximum absolute atomic E-state index is 5.68. The summed E-state index contributed by atoms with van der Waals surface area (Å²) >= 11 is 3.46. The minimum absolute atomic E-state index is 0.538. The van der Waals surface area contributed by atoms with E-state index in [4.69, 9.17) is 15.2 Å². The summed E-state index contributed by atoms with van der Waals surface area (Å²) in [5.41, 5.74) is 7.49. The second-order valence-corrected chi connectivity index (χ2v) is 4.92. The highest BCUT2D eigenvalue weighted by Crippen LogP contribution is 2.20. The third-order valence-electron chi connectivity index (χ3n) is 2.57. The summed E-state index contributed by atoms with van der Waals surface area (Å²) in [6.45, 7) is 1.63.